The van der Waals surface area contributed by atoms with Gasteiger partial charge in [0.1, 0.15) is 0 Å². The molecule has 0 saturated carbocycles. The predicted octanol–water partition coefficient (Wildman–Crippen LogP) is -0.872. The summed E-state index contributed by atoms with van der Waals surface area (Å²) in [6.07, 6.45) is 0. The third kappa shape index (κ3) is 2.28. The molecule has 13 heavy (non-hydrogen) atoms. The standard InChI is InChI=1S/C6H7B7/c1-3(2)4(7,5(8,9)10)6(11,12)13/h3H,1-2H3. The van der Waals surface area contributed by atoms with Crippen molar-refractivity contribution in [1.82, 2.24) is 0 Å². The van der Waals surface area contributed by atoms with E-state index in [2.05, 4.69) is 0 Å². The van der Waals surface area contributed by atoms with Gasteiger partial charge in [-0.15, -0.1) is 10.2 Å². The zero-order valence-corrected chi connectivity index (χ0v) is 8.12. The fraction of sp³-hybridized carbons (Fsp3) is 1.00. The third-order valence-electron chi connectivity index (χ3n) is 2.34. The average molecular weight is 155 g/mol. The SMILES string of the molecule is [B]C([B])([B])C([B])(C(C)C)C([B])([B])[B]. The summed E-state index contributed by atoms with van der Waals surface area (Å²) < 4.78 is 0. The minimum absolute atomic E-state index is 0.257. The van der Waals surface area contributed by atoms with Gasteiger partial charge in [0.2, 0.25) is 0 Å². The second-order valence-corrected chi connectivity index (χ2v) is 3.89. The van der Waals surface area contributed by atoms with Crippen molar-refractivity contribution < 1.29 is 0 Å². The number of rotatable bonds is 3. The summed E-state index contributed by atoms with van der Waals surface area (Å²) in [6.45, 7) is 3.48. The Morgan fingerprint density at radius 2 is 0.923 bits per heavy atom. The monoisotopic (exact) mass is 156 g/mol. The van der Waals surface area contributed by atoms with Crippen molar-refractivity contribution in [2.45, 2.75) is 29.4 Å². The maximum absolute atomic E-state index is 5.84. The molecule has 0 fully saturated rings. The van der Waals surface area contributed by atoms with Crippen molar-refractivity contribution in [3.63, 3.8) is 0 Å². The van der Waals surface area contributed by atoms with Crippen LogP contribution in [-0.2, 0) is 0 Å². The second kappa shape index (κ2) is 3.55. The molecule has 0 aromatic heterocycles. The minimum atomic E-state index is -1.74. The summed E-state index contributed by atoms with van der Waals surface area (Å²) in [4.78, 5) is 0. The molecule has 0 amide bonds. The van der Waals surface area contributed by atoms with Gasteiger partial charge in [-0.1, -0.05) is 25.1 Å². The summed E-state index contributed by atoms with van der Waals surface area (Å²) in [7, 11) is 38.8. The predicted molar refractivity (Wildman–Crippen MR) is 63.2 cm³/mol. The lowest BCUT2D eigenvalue weighted by molar-refractivity contribution is 0.410. The van der Waals surface area contributed by atoms with E-state index in [1.54, 1.807) is 13.8 Å². The van der Waals surface area contributed by atoms with Gasteiger partial charge in [-0.3, -0.25) is 0 Å². The molecular weight excluding hydrogens is 148 g/mol. The summed E-state index contributed by atoms with van der Waals surface area (Å²) in [5.74, 6) is -0.257. The molecule has 0 aliphatic carbocycles. The Labute approximate surface area is 90.6 Å². The molecule has 7 heteroatoms. The van der Waals surface area contributed by atoms with E-state index in [0.717, 1.165) is 0 Å². The highest BCUT2D eigenvalue weighted by Crippen LogP contribution is 2.59. The van der Waals surface area contributed by atoms with Gasteiger partial charge in [0.05, 0.1) is 54.9 Å². The van der Waals surface area contributed by atoms with Gasteiger partial charge in [-0.05, 0) is 0 Å². The zero-order valence-electron chi connectivity index (χ0n) is 8.12. The van der Waals surface area contributed by atoms with Gasteiger partial charge in [-0.25, -0.2) is 0 Å². The van der Waals surface area contributed by atoms with Crippen LogP contribution in [0.15, 0.2) is 0 Å². The van der Waals surface area contributed by atoms with Crippen molar-refractivity contribution >= 4 is 54.9 Å². The highest BCUT2D eigenvalue weighted by Gasteiger charge is 2.44. The quantitative estimate of drug-likeness (QED) is 0.464. The van der Waals surface area contributed by atoms with Crippen molar-refractivity contribution in [2.75, 3.05) is 0 Å². The van der Waals surface area contributed by atoms with Gasteiger partial charge in [0.25, 0.3) is 0 Å². The van der Waals surface area contributed by atoms with Crippen LogP contribution >= 0.6 is 0 Å². The lowest BCUT2D eigenvalue weighted by Gasteiger charge is -2.58. The van der Waals surface area contributed by atoms with E-state index in [9.17, 15) is 0 Å². The Morgan fingerprint density at radius 3 is 0.923 bits per heavy atom. The van der Waals surface area contributed by atoms with Crippen molar-refractivity contribution in [3.05, 3.63) is 0 Å². The molecule has 0 bridgehead atoms. The molecule has 0 nitrogen and oxygen atoms in total. The second-order valence-electron chi connectivity index (χ2n) is 3.89. The molecule has 0 saturated heterocycles. The molecular formula is C6H7B7. The maximum atomic E-state index is 5.84. The van der Waals surface area contributed by atoms with Gasteiger partial charge in [-0.2, -0.15) is 0 Å². The van der Waals surface area contributed by atoms with Crippen LogP contribution in [-0.4, -0.2) is 54.9 Å². The lowest BCUT2D eigenvalue weighted by atomic mass is 9.13. The Morgan fingerprint density at radius 1 is 0.692 bits per heavy atom. The van der Waals surface area contributed by atoms with Crippen molar-refractivity contribution in [2.24, 2.45) is 5.92 Å². The van der Waals surface area contributed by atoms with Crippen LogP contribution in [0, 0.1) is 5.92 Å². The fourth-order valence-electron chi connectivity index (χ4n) is 1.37. The van der Waals surface area contributed by atoms with E-state index in [-0.39, 0.29) is 5.92 Å². The highest BCUT2D eigenvalue weighted by atomic mass is 14.3. The first-order chi connectivity index (χ1) is 5.44. The molecule has 0 atom stereocenters. The van der Waals surface area contributed by atoms with Crippen LogP contribution in [0.4, 0.5) is 0 Å². The van der Waals surface area contributed by atoms with Crippen LogP contribution in [0.3, 0.4) is 0 Å². The molecule has 0 rings (SSSR count). The van der Waals surface area contributed by atoms with Crippen molar-refractivity contribution in [3.8, 4) is 0 Å². The molecule has 14 radical (unpaired) electrons. The topological polar surface area (TPSA) is 0 Å². The molecule has 52 valence electrons. The molecule has 0 N–H and O–H groups in total. The van der Waals surface area contributed by atoms with Gasteiger partial charge in [0.15, 0.2) is 0 Å². The van der Waals surface area contributed by atoms with E-state index in [1.807, 2.05) is 0 Å². The summed E-state index contributed by atoms with van der Waals surface area (Å²) >= 11 is 0. The first-order valence-electron chi connectivity index (χ1n) is 3.96. The van der Waals surface area contributed by atoms with Crippen LogP contribution in [0.1, 0.15) is 13.8 Å². The van der Waals surface area contributed by atoms with Gasteiger partial charge >= 0.3 is 0 Å². The first-order valence-corrected chi connectivity index (χ1v) is 3.96. The fourth-order valence-corrected chi connectivity index (χ4v) is 1.37. The molecule has 0 aromatic carbocycles. The van der Waals surface area contributed by atoms with Crippen LogP contribution in [0.2, 0.25) is 15.5 Å². The largest absolute Gasteiger partial charge is 0.134 e. The van der Waals surface area contributed by atoms with Crippen LogP contribution < -0.4 is 0 Å². The first kappa shape index (κ1) is 13.5. The minimum Gasteiger partial charge on any atom is -0.134 e. The smallest absolute Gasteiger partial charge is 0.0706 e. The van der Waals surface area contributed by atoms with E-state index in [0.29, 0.717) is 0 Å². The lowest BCUT2D eigenvalue weighted by Crippen LogP contribution is -2.46. The van der Waals surface area contributed by atoms with E-state index in [4.69, 9.17) is 54.9 Å². The molecule has 0 spiro atoms. The molecule has 0 aliphatic rings. The number of hydrogen-bond acceptors (Lipinski definition) is 0. The van der Waals surface area contributed by atoms with E-state index >= 15 is 0 Å². The van der Waals surface area contributed by atoms with Crippen LogP contribution in [0.5, 0.6) is 0 Å². The normalized spacial score (nSPS) is 14.7. The van der Waals surface area contributed by atoms with Gasteiger partial charge < -0.3 is 0 Å². The highest BCUT2D eigenvalue weighted by molar-refractivity contribution is 6.69. The molecule has 0 aromatic rings. The van der Waals surface area contributed by atoms with E-state index in [1.165, 1.54) is 0 Å². The zero-order chi connectivity index (χ0) is 11.1. The van der Waals surface area contributed by atoms with Crippen LogP contribution in [0.25, 0.3) is 0 Å². The average Bonchev–Trinajstić information content (AvgIpc) is 1.80. The van der Waals surface area contributed by atoms with E-state index < -0.39 is 15.5 Å². The molecule has 0 aliphatic heterocycles. The number of hydrogen-bond donors (Lipinski definition) is 0. The third-order valence-corrected chi connectivity index (χ3v) is 2.34. The van der Waals surface area contributed by atoms with Crippen molar-refractivity contribution in [1.29, 1.82) is 0 Å². The molecule has 0 heterocycles. The van der Waals surface area contributed by atoms with Gasteiger partial charge in [0, 0.05) is 0 Å². The summed E-state index contributed by atoms with van der Waals surface area (Å²) in [6, 6.07) is 0. The Bertz CT molecular complexity index is 160. The Kier molecular flexibility index (Phi) is 3.67. The summed E-state index contributed by atoms with van der Waals surface area (Å²) in [5.41, 5.74) is 0. The molecule has 0 unspecified atom stereocenters. The Balaban J connectivity index is 5.22. The Hall–Kier alpha value is 0.455. The summed E-state index contributed by atoms with van der Waals surface area (Å²) in [5, 5.41) is -4.93. The maximum Gasteiger partial charge on any atom is 0.0706 e.